The number of hydrogen-bond acceptors (Lipinski definition) is 1. The number of nitrogens with two attached hydrogens (primary N) is 1. The molecule has 30 heavy (non-hydrogen) atoms. The predicted molar refractivity (Wildman–Crippen MR) is 133 cm³/mol. The first kappa shape index (κ1) is 24.6. The van der Waals surface area contributed by atoms with Crippen molar-refractivity contribution in [3.05, 3.63) is 0 Å². The zero-order valence-corrected chi connectivity index (χ0v) is 21.1. The summed E-state index contributed by atoms with van der Waals surface area (Å²) in [6, 6.07) is 0.499. The molecule has 1 heteroatoms. The maximum Gasteiger partial charge on any atom is 0.00390 e. The molecule has 0 spiro atoms. The van der Waals surface area contributed by atoms with Crippen molar-refractivity contribution in [3.8, 4) is 0 Å². The number of rotatable bonds is 9. The highest BCUT2D eigenvalue weighted by atomic mass is 14.6. The van der Waals surface area contributed by atoms with Gasteiger partial charge in [-0.1, -0.05) is 79.1 Å². The molecular weight excluding hydrogens is 362 g/mol. The van der Waals surface area contributed by atoms with E-state index in [1.807, 2.05) is 0 Å². The molecule has 3 unspecified atom stereocenters. The minimum absolute atomic E-state index is 0.499. The first-order chi connectivity index (χ1) is 14.4. The Labute approximate surface area is 189 Å². The lowest BCUT2D eigenvalue weighted by atomic mass is 9.61. The summed E-state index contributed by atoms with van der Waals surface area (Å²) in [5, 5.41) is 0. The molecule has 1 nitrogen and oxygen atoms in total. The van der Waals surface area contributed by atoms with Gasteiger partial charge < -0.3 is 5.73 Å². The van der Waals surface area contributed by atoms with E-state index in [4.69, 9.17) is 5.73 Å². The van der Waals surface area contributed by atoms with Crippen LogP contribution in [0.25, 0.3) is 0 Å². The average Bonchev–Trinajstić information content (AvgIpc) is 2.70. The lowest BCUT2D eigenvalue weighted by Crippen LogP contribution is -2.34. The molecule has 3 aliphatic rings. The van der Waals surface area contributed by atoms with Crippen LogP contribution in [0.3, 0.4) is 0 Å². The largest absolute Gasteiger partial charge is 0.328 e. The first-order valence-corrected chi connectivity index (χ1v) is 14.1. The second kappa shape index (κ2) is 11.7. The molecule has 0 heterocycles. The normalized spacial score (nSPS) is 38.3. The van der Waals surface area contributed by atoms with Crippen molar-refractivity contribution in [1.82, 2.24) is 0 Å². The Bertz CT molecular complexity index is 467. The second-order valence-corrected chi connectivity index (χ2v) is 12.9. The van der Waals surface area contributed by atoms with Crippen LogP contribution in [0.5, 0.6) is 0 Å². The SMILES string of the molecule is CCCC(CC1CCC(N)CC1)CC1CCC(CCC2CCC(C)CC2)C(C)(C)C1. The Kier molecular flexibility index (Phi) is 9.61. The highest BCUT2D eigenvalue weighted by Crippen LogP contribution is 2.49. The summed E-state index contributed by atoms with van der Waals surface area (Å²) >= 11 is 0. The fourth-order valence-corrected chi connectivity index (χ4v) is 7.74. The Balaban J connectivity index is 1.43. The Morgan fingerprint density at radius 3 is 2.00 bits per heavy atom. The van der Waals surface area contributed by atoms with Crippen molar-refractivity contribution >= 4 is 0 Å². The minimum Gasteiger partial charge on any atom is -0.328 e. The molecular formula is C29H55N. The van der Waals surface area contributed by atoms with E-state index >= 15 is 0 Å². The molecule has 176 valence electrons. The van der Waals surface area contributed by atoms with Gasteiger partial charge in [0.05, 0.1) is 0 Å². The summed E-state index contributed by atoms with van der Waals surface area (Å²) in [6.45, 7) is 10.1. The summed E-state index contributed by atoms with van der Waals surface area (Å²) in [5.41, 5.74) is 6.73. The number of hydrogen-bond donors (Lipinski definition) is 1. The van der Waals surface area contributed by atoms with Gasteiger partial charge in [0.1, 0.15) is 0 Å². The first-order valence-electron chi connectivity index (χ1n) is 14.1. The molecule has 0 aliphatic heterocycles. The fraction of sp³-hybridized carbons (Fsp3) is 1.00. The summed E-state index contributed by atoms with van der Waals surface area (Å²) in [6.07, 6.45) is 24.8. The lowest BCUT2D eigenvalue weighted by molar-refractivity contribution is 0.0659. The molecule has 3 rings (SSSR count). The molecule has 0 radical (unpaired) electrons. The maximum atomic E-state index is 6.16. The van der Waals surface area contributed by atoms with Gasteiger partial charge in [-0.15, -0.1) is 0 Å². The van der Waals surface area contributed by atoms with Gasteiger partial charge in [0.25, 0.3) is 0 Å². The molecule has 0 aromatic rings. The third-order valence-electron chi connectivity index (χ3n) is 9.82. The highest BCUT2D eigenvalue weighted by molar-refractivity contribution is 4.88. The van der Waals surface area contributed by atoms with Crippen LogP contribution in [0.4, 0.5) is 0 Å². The van der Waals surface area contributed by atoms with Crippen LogP contribution in [0.2, 0.25) is 0 Å². The maximum absolute atomic E-state index is 6.16. The Morgan fingerprint density at radius 2 is 1.37 bits per heavy atom. The summed E-state index contributed by atoms with van der Waals surface area (Å²) in [5.74, 6) is 5.98. The van der Waals surface area contributed by atoms with Gasteiger partial charge in [-0.2, -0.15) is 0 Å². The van der Waals surface area contributed by atoms with E-state index in [9.17, 15) is 0 Å². The van der Waals surface area contributed by atoms with E-state index in [0.717, 1.165) is 35.5 Å². The van der Waals surface area contributed by atoms with Crippen molar-refractivity contribution in [2.24, 2.45) is 46.7 Å². The molecule has 3 aliphatic carbocycles. The van der Waals surface area contributed by atoms with E-state index in [0.29, 0.717) is 11.5 Å². The van der Waals surface area contributed by atoms with Crippen LogP contribution in [-0.4, -0.2) is 6.04 Å². The third-order valence-corrected chi connectivity index (χ3v) is 9.82. The van der Waals surface area contributed by atoms with Gasteiger partial charge in [-0.05, 0) is 98.7 Å². The van der Waals surface area contributed by atoms with Crippen molar-refractivity contribution in [2.45, 2.75) is 143 Å². The summed E-state index contributed by atoms with van der Waals surface area (Å²) < 4.78 is 0. The molecule has 0 saturated heterocycles. The van der Waals surface area contributed by atoms with Crippen LogP contribution in [0.1, 0.15) is 137 Å². The summed E-state index contributed by atoms with van der Waals surface area (Å²) in [4.78, 5) is 0. The molecule has 0 bridgehead atoms. The van der Waals surface area contributed by atoms with Gasteiger partial charge in [0.15, 0.2) is 0 Å². The monoisotopic (exact) mass is 417 g/mol. The molecule has 0 amide bonds. The second-order valence-electron chi connectivity index (χ2n) is 12.9. The van der Waals surface area contributed by atoms with Crippen molar-refractivity contribution in [1.29, 1.82) is 0 Å². The van der Waals surface area contributed by atoms with Crippen LogP contribution >= 0.6 is 0 Å². The lowest BCUT2D eigenvalue weighted by Gasteiger charge is -2.44. The van der Waals surface area contributed by atoms with Crippen molar-refractivity contribution < 1.29 is 0 Å². The van der Waals surface area contributed by atoms with E-state index in [1.165, 1.54) is 109 Å². The molecule has 3 fully saturated rings. The molecule has 0 aromatic carbocycles. The third kappa shape index (κ3) is 7.53. The predicted octanol–water partition coefficient (Wildman–Crippen LogP) is 8.75. The molecule has 0 aromatic heterocycles. The van der Waals surface area contributed by atoms with Gasteiger partial charge in [-0.25, -0.2) is 0 Å². The van der Waals surface area contributed by atoms with Gasteiger partial charge in [0, 0.05) is 6.04 Å². The molecule has 3 saturated carbocycles. The standard InChI is InChI=1S/C29H55N/c1-5-6-25(19-24-13-17-28(30)18-14-24)20-26-12-16-27(29(3,4)21-26)15-11-23-9-7-22(2)8-10-23/h22-28H,5-21,30H2,1-4H3. The van der Waals surface area contributed by atoms with Crippen molar-refractivity contribution in [2.75, 3.05) is 0 Å². The van der Waals surface area contributed by atoms with Crippen LogP contribution < -0.4 is 5.73 Å². The van der Waals surface area contributed by atoms with E-state index in [-0.39, 0.29) is 0 Å². The van der Waals surface area contributed by atoms with E-state index in [2.05, 4.69) is 27.7 Å². The zero-order valence-electron chi connectivity index (χ0n) is 21.1. The Morgan fingerprint density at radius 1 is 0.767 bits per heavy atom. The molecule has 3 atom stereocenters. The van der Waals surface area contributed by atoms with E-state index < -0.39 is 0 Å². The Hall–Kier alpha value is -0.0400. The van der Waals surface area contributed by atoms with E-state index in [1.54, 1.807) is 0 Å². The smallest absolute Gasteiger partial charge is 0.00390 e. The summed E-state index contributed by atoms with van der Waals surface area (Å²) in [7, 11) is 0. The van der Waals surface area contributed by atoms with Crippen LogP contribution in [0, 0.1) is 40.9 Å². The van der Waals surface area contributed by atoms with Crippen LogP contribution in [0.15, 0.2) is 0 Å². The van der Waals surface area contributed by atoms with Gasteiger partial charge >= 0.3 is 0 Å². The van der Waals surface area contributed by atoms with Crippen molar-refractivity contribution in [3.63, 3.8) is 0 Å². The van der Waals surface area contributed by atoms with Gasteiger partial charge in [0.2, 0.25) is 0 Å². The zero-order chi connectivity index (χ0) is 21.6. The molecule has 2 N–H and O–H groups in total. The highest BCUT2D eigenvalue weighted by Gasteiger charge is 2.37. The van der Waals surface area contributed by atoms with Gasteiger partial charge in [-0.3, -0.25) is 0 Å². The fourth-order valence-electron chi connectivity index (χ4n) is 7.74. The minimum atomic E-state index is 0.499. The quantitative estimate of drug-likeness (QED) is 0.398. The average molecular weight is 418 g/mol. The topological polar surface area (TPSA) is 26.0 Å². The van der Waals surface area contributed by atoms with Crippen LogP contribution in [-0.2, 0) is 0 Å².